The minimum absolute atomic E-state index is 0.143. The summed E-state index contributed by atoms with van der Waals surface area (Å²) < 4.78 is 1.66. The fraction of sp³-hybridized carbons (Fsp3) is 0.200. The maximum Gasteiger partial charge on any atom is 0.337 e. The maximum absolute atomic E-state index is 13.2. The predicted octanol–water partition coefficient (Wildman–Crippen LogP) is 2.53. The van der Waals surface area contributed by atoms with Crippen LogP contribution in [0.15, 0.2) is 48.5 Å². The second-order valence-corrected chi connectivity index (χ2v) is 6.25. The molecule has 2 aromatic carbocycles. The summed E-state index contributed by atoms with van der Waals surface area (Å²) >= 11 is 0. The summed E-state index contributed by atoms with van der Waals surface area (Å²) in [5, 5.41) is 19.8. The number of carboxylic acids is 1. The Morgan fingerprint density at radius 3 is 2.54 bits per heavy atom. The third kappa shape index (κ3) is 2.38. The van der Waals surface area contributed by atoms with E-state index in [1.165, 1.54) is 6.07 Å². The quantitative estimate of drug-likeness (QED) is 0.757. The molecular weight excluding hydrogens is 332 g/mol. The maximum atomic E-state index is 13.2. The molecule has 6 nitrogen and oxygen atoms in total. The van der Waals surface area contributed by atoms with Gasteiger partial charge in [-0.05, 0) is 30.2 Å². The summed E-state index contributed by atoms with van der Waals surface area (Å²) in [5.74, 6) is -1.21. The molecule has 3 aromatic rings. The number of rotatable bonds is 4. The average molecular weight is 350 g/mol. The summed E-state index contributed by atoms with van der Waals surface area (Å²) in [6.07, 6.45) is 0.633. The van der Waals surface area contributed by atoms with Crippen molar-refractivity contribution >= 4 is 28.5 Å². The van der Waals surface area contributed by atoms with Gasteiger partial charge in [0, 0.05) is 24.2 Å². The number of carboxylic acid groups (broad SMARTS) is 1. The number of aromatic nitrogens is 1. The van der Waals surface area contributed by atoms with Crippen molar-refractivity contribution in [3.05, 3.63) is 65.4 Å². The number of carbonyl (C=O) groups excluding carboxylic acids is 1. The number of fused-ring (bicyclic) bond motifs is 3. The van der Waals surface area contributed by atoms with Crippen molar-refractivity contribution in [3.8, 4) is 0 Å². The van der Waals surface area contributed by atoms with Gasteiger partial charge in [0.2, 0.25) is 0 Å². The molecule has 0 saturated heterocycles. The van der Waals surface area contributed by atoms with Gasteiger partial charge in [-0.2, -0.15) is 0 Å². The lowest BCUT2D eigenvalue weighted by Crippen LogP contribution is -2.38. The smallest absolute Gasteiger partial charge is 0.337 e. The molecule has 1 aliphatic heterocycles. The van der Waals surface area contributed by atoms with Crippen molar-refractivity contribution in [1.29, 1.82) is 0 Å². The van der Waals surface area contributed by atoms with Crippen LogP contribution in [0, 0.1) is 0 Å². The zero-order chi connectivity index (χ0) is 18.3. The highest BCUT2D eigenvalue weighted by atomic mass is 16.4. The summed E-state index contributed by atoms with van der Waals surface area (Å²) in [4.78, 5) is 26.6. The second kappa shape index (κ2) is 6.31. The monoisotopic (exact) mass is 350 g/mol. The largest absolute Gasteiger partial charge is 0.478 e. The molecule has 0 spiro atoms. The van der Waals surface area contributed by atoms with Gasteiger partial charge in [0.15, 0.2) is 0 Å². The van der Waals surface area contributed by atoms with Crippen LogP contribution in [0.2, 0.25) is 0 Å². The molecule has 0 radical (unpaired) electrons. The number of benzene rings is 2. The van der Waals surface area contributed by atoms with Crippen molar-refractivity contribution in [2.24, 2.45) is 0 Å². The van der Waals surface area contributed by atoms with Crippen LogP contribution >= 0.6 is 0 Å². The number of hydrogen-bond donors (Lipinski definition) is 2. The van der Waals surface area contributed by atoms with Crippen LogP contribution in [0.25, 0.3) is 10.9 Å². The Kier molecular flexibility index (Phi) is 3.97. The SMILES string of the molecule is O=C(O)c1cccc2c3c(n(CCO)c12)C(=O)N(c1ccccc1)CC3. The Hall–Kier alpha value is -3.12. The first-order chi connectivity index (χ1) is 12.6. The van der Waals surface area contributed by atoms with Gasteiger partial charge in [-0.25, -0.2) is 4.79 Å². The molecule has 1 aliphatic rings. The Balaban J connectivity index is 1.96. The van der Waals surface area contributed by atoms with E-state index in [0.717, 1.165) is 16.6 Å². The predicted molar refractivity (Wildman–Crippen MR) is 97.8 cm³/mol. The molecule has 0 saturated carbocycles. The van der Waals surface area contributed by atoms with Crippen LogP contribution < -0.4 is 4.90 Å². The summed E-state index contributed by atoms with van der Waals surface area (Å²) in [6.45, 7) is 0.526. The highest BCUT2D eigenvalue weighted by Crippen LogP contribution is 2.34. The van der Waals surface area contributed by atoms with E-state index in [9.17, 15) is 19.8 Å². The van der Waals surface area contributed by atoms with Gasteiger partial charge in [0.25, 0.3) is 5.91 Å². The normalized spacial score (nSPS) is 13.9. The lowest BCUT2D eigenvalue weighted by molar-refractivity contribution is 0.0698. The molecule has 1 amide bonds. The first kappa shape index (κ1) is 16.4. The Morgan fingerprint density at radius 2 is 1.85 bits per heavy atom. The lowest BCUT2D eigenvalue weighted by Gasteiger charge is -2.28. The number of anilines is 1. The number of amides is 1. The number of carbonyl (C=O) groups is 2. The molecule has 0 bridgehead atoms. The minimum atomic E-state index is -1.04. The van der Waals surface area contributed by atoms with Gasteiger partial charge >= 0.3 is 5.97 Å². The molecular formula is C20H18N2O4. The van der Waals surface area contributed by atoms with Gasteiger partial charge in [0.05, 0.1) is 17.7 Å². The van der Waals surface area contributed by atoms with E-state index in [0.29, 0.717) is 24.2 Å². The molecule has 0 atom stereocenters. The molecule has 132 valence electrons. The van der Waals surface area contributed by atoms with Crippen LogP contribution in [0.1, 0.15) is 26.4 Å². The third-order valence-corrected chi connectivity index (χ3v) is 4.84. The number of aliphatic hydroxyl groups excluding tert-OH is 1. The number of hydrogen-bond acceptors (Lipinski definition) is 3. The number of nitrogens with zero attached hydrogens (tertiary/aromatic N) is 2. The van der Waals surface area contributed by atoms with E-state index in [-0.39, 0.29) is 24.6 Å². The van der Waals surface area contributed by atoms with Gasteiger partial charge in [-0.3, -0.25) is 4.79 Å². The van der Waals surface area contributed by atoms with Crippen molar-refractivity contribution in [2.75, 3.05) is 18.1 Å². The van der Waals surface area contributed by atoms with Crippen molar-refractivity contribution < 1.29 is 19.8 Å². The Morgan fingerprint density at radius 1 is 1.08 bits per heavy atom. The van der Waals surface area contributed by atoms with Gasteiger partial charge in [-0.1, -0.05) is 30.3 Å². The van der Waals surface area contributed by atoms with Crippen LogP contribution in [-0.4, -0.2) is 39.8 Å². The fourth-order valence-electron chi connectivity index (χ4n) is 3.78. The van der Waals surface area contributed by atoms with Gasteiger partial charge < -0.3 is 19.7 Å². The molecule has 26 heavy (non-hydrogen) atoms. The number of para-hydroxylation sites is 2. The Bertz CT molecular complexity index is 1010. The first-order valence-electron chi connectivity index (χ1n) is 8.48. The van der Waals surface area contributed by atoms with Gasteiger partial charge in [-0.15, -0.1) is 0 Å². The Labute approximate surface area is 149 Å². The zero-order valence-corrected chi connectivity index (χ0v) is 14.1. The summed E-state index contributed by atoms with van der Waals surface area (Å²) in [6, 6.07) is 14.5. The molecule has 6 heteroatoms. The zero-order valence-electron chi connectivity index (χ0n) is 14.1. The molecule has 0 aliphatic carbocycles. The van der Waals surface area contributed by atoms with E-state index in [1.807, 2.05) is 36.4 Å². The average Bonchev–Trinajstić information content (AvgIpc) is 2.98. The first-order valence-corrected chi connectivity index (χ1v) is 8.48. The van der Waals surface area contributed by atoms with Crippen LogP contribution in [0.3, 0.4) is 0 Å². The molecule has 0 unspecified atom stereocenters. The summed E-state index contributed by atoms with van der Waals surface area (Å²) in [7, 11) is 0. The molecule has 0 fully saturated rings. The topological polar surface area (TPSA) is 82.8 Å². The highest BCUT2D eigenvalue weighted by molar-refractivity contribution is 6.13. The van der Waals surface area contributed by atoms with E-state index < -0.39 is 5.97 Å². The third-order valence-electron chi connectivity index (χ3n) is 4.84. The fourth-order valence-corrected chi connectivity index (χ4v) is 3.78. The van der Waals surface area contributed by atoms with E-state index in [4.69, 9.17) is 0 Å². The van der Waals surface area contributed by atoms with Crippen LogP contribution in [0.4, 0.5) is 5.69 Å². The second-order valence-electron chi connectivity index (χ2n) is 6.25. The van der Waals surface area contributed by atoms with E-state index in [2.05, 4.69) is 0 Å². The molecule has 4 rings (SSSR count). The van der Waals surface area contributed by atoms with Gasteiger partial charge in [0.1, 0.15) is 5.69 Å². The summed E-state index contributed by atoms with van der Waals surface area (Å²) in [5.41, 5.74) is 2.78. The van der Waals surface area contributed by atoms with Crippen molar-refractivity contribution in [2.45, 2.75) is 13.0 Å². The highest BCUT2D eigenvalue weighted by Gasteiger charge is 2.32. The number of aromatic carboxylic acids is 1. The van der Waals surface area contributed by atoms with E-state index in [1.54, 1.807) is 15.5 Å². The van der Waals surface area contributed by atoms with Crippen LogP contribution in [0.5, 0.6) is 0 Å². The van der Waals surface area contributed by atoms with Crippen LogP contribution in [-0.2, 0) is 13.0 Å². The molecule has 1 aromatic heterocycles. The lowest BCUT2D eigenvalue weighted by atomic mass is 10.0. The van der Waals surface area contributed by atoms with Crippen molar-refractivity contribution in [3.63, 3.8) is 0 Å². The molecule has 2 heterocycles. The standard InChI is InChI=1S/C20H18N2O4/c23-12-11-22-17-14(7-4-8-16(17)20(25)26)15-9-10-21(19(24)18(15)22)13-5-2-1-3-6-13/h1-8,23H,9-12H2,(H,25,26). The van der Waals surface area contributed by atoms with Crippen molar-refractivity contribution in [1.82, 2.24) is 4.57 Å². The number of aliphatic hydroxyl groups is 1. The molecule has 2 N–H and O–H groups in total. The van der Waals surface area contributed by atoms with E-state index >= 15 is 0 Å². The minimum Gasteiger partial charge on any atom is -0.478 e.